The van der Waals surface area contributed by atoms with Gasteiger partial charge in [-0.1, -0.05) is 0 Å². The predicted molar refractivity (Wildman–Crippen MR) is 67.4 cm³/mol. The Kier molecular flexibility index (Phi) is 3.28. The summed E-state index contributed by atoms with van der Waals surface area (Å²) in [5.41, 5.74) is 6.39. The Morgan fingerprint density at radius 1 is 1.41 bits per heavy atom. The molecule has 0 aliphatic rings. The summed E-state index contributed by atoms with van der Waals surface area (Å²) in [5.74, 6) is 2.27. The van der Waals surface area contributed by atoms with Crippen molar-refractivity contribution < 1.29 is 4.42 Å². The van der Waals surface area contributed by atoms with E-state index in [1.165, 1.54) is 0 Å². The minimum absolute atomic E-state index is 0.218. The van der Waals surface area contributed by atoms with Crippen molar-refractivity contribution in [2.45, 2.75) is 20.4 Å². The van der Waals surface area contributed by atoms with Crippen LogP contribution in [0.4, 0.5) is 11.8 Å². The molecule has 0 saturated carbocycles. The lowest BCUT2D eigenvalue weighted by Gasteiger charge is -2.05. The third-order valence-electron chi connectivity index (χ3n) is 2.24. The highest BCUT2D eigenvalue weighted by molar-refractivity contribution is 9.10. The van der Waals surface area contributed by atoms with Gasteiger partial charge < -0.3 is 15.5 Å². The van der Waals surface area contributed by atoms with Crippen molar-refractivity contribution >= 4 is 27.7 Å². The third-order valence-corrected chi connectivity index (χ3v) is 2.82. The third kappa shape index (κ3) is 2.73. The van der Waals surface area contributed by atoms with Gasteiger partial charge in [-0.25, -0.2) is 9.97 Å². The van der Waals surface area contributed by atoms with E-state index >= 15 is 0 Å². The summed E-state index contributed by atoms with van der Waals surface area (Å²) in [6.07, 6.45) is 1.59. The normalized spacial score (nSPS) is 10.5. The van der Waals surface area contributed by atoms with Gasteiger partial charge in [0.05, 0.1) is 16.7 Å². The fourth-order valence-electron chi connectivity index (χ4n) is 1.28. The molecule has 7 heteroatoms. The molecule has 2 heterocycles. The number of nitrogen functional groups attached to an aromatic ring is 1. The molecule has 0 aliphatic heterocycles. The summed E-state index contributed by atoms with van der Waals surface area (Å²) in [6.45, 7) is 4.23. The van der Waals surface area contributed by atoms with Gasteiger partial charge in [0.25, 0.3) is 0 Å². The molecule has 0 bridgehead atoms. The molecule has 0 aliphatic carbocycles. The zero-order valence-electron chi connectivity index (χ0n) is 9.49. The topological polar surface area (TPSA) is 89.9 Å². The number of aryl methyl sites for hydroxylation is 2. The molecule has 0 amide bonds. The quantitative estimate of drug-likeness (QED) is 0.901. The Hall–Kier alpha value is -1.63. The lowest BCUT2D eigenvalue weighted by Crippen LogP contribution is -2.05. The number of nitrogens with one attached hydrogen (secondary N) is 1. The second-order valence-electron chi connectivity index (χ2n) is 3.53. The molecule has 17 heavy (non-hydrogen) atoms. The molecule has 6 nitrogen and oxygen atoms in total. The molecule has 0 aromatic carbocycles. The zero-order valence-corrected chi connectivity index (χ0v) is 11.1. The monoisotopic (exact) mass is 297 g/mol. The molecule has 3 N–H and O–H groups in total. The van der Waals surface area contributed by atoms with Crippen molar-refractivity contribution in [2.24, 2.45) is 0 Å². The van der Waals surface area contributed by atoms with E-state index in [0.29, 0.717) is 18.3 Å². The van der Waals surface area contributed by atoms with Gasteiger partial charge in [-0.05, 0) is 29.8 Å². The van der Waals surface area contributed by atoms with E-state index in [2.05, 4.69) is 36.2 Å². The molecule has 0 fully saturated rings. The molecule has 0 radical (unpaired) electrons. The highest BCUT2D eigenvalue weighted by Gasteiger charge is 2.07. The fourth-order valence-corrected chi connectivity index (χ4v) is 1.61. The van der Waals surface area contributed by atoms with Crippen molar-refractivity contribution in [1.29, 1.82) is 0 Å². The first-order valence-corrected chi connectivity index (χ1v) is 5.80. The zero-order chi connectivity index (χ0) is 12.4. The van der Waals surface area contributed by atoms with Crippen LogP contribution in [-0.2, 0) is 6.54 Å². The Morgan fingerprint density at radius 2 is 2.18 bits per heavy atom. The maximum absolute atomic E-state index is 5.50. The number of rotatable bonds is 3. The van der Waals surface area contributed by atoms with Gasteiger partial charge in [-0.2, -0.15) is 4.98 Å². The van der Waals surface area contributed by atoms with Gasteiger partial charge >= 0.3 is 0 Å². The Morgan fingerprint density at radius 3 is 2.82 bits per heavy atom. The Bertz CT molecular complexity index is 520. The molecule has 2 aromatic heterocycles. The van der Waals surface area contributed by atoms with Gasteiger partial charge in [0.2, 0.25) is 11.8 Å². The molecule has 90 valence electrons. The largest absolute Gasteiger partial charge is 0.444 e. The van der Waals surface area contributed by atoms with E-state index in [0.717, 1.165) is 15.9 Å². The Balaban J connectivity index is 2.09. The van der Waals surface area contributed by atoms with Crippen molar-refractivity contribution in [2.75, 3.05) is 11.1 Å². The van der Waals surface area contributed by atoms with E-state index in [9.17, 15) is 0 Å². The number of nitrogens with zero attached hydrogens (tertiary/aromatic N) is 3. The van der Waals surface area contributed by atoms with E-state index in [1.54, 1.807) is 6.20 Å². The standard InChI is InChI=1S/C10H12BrN5O/c1-5-6(2)17-8(15-5)4-13-9-7(11)3-14-10(12)16-9/h3H,4H2,1-2H3,(H3,12,13,14,16). The number of aromatic nitrogens is 3. The first-order valence-electron chi connectivity index (χ1n) is 5.01. The average molecular weight is 298 g/mol. The van der Waals surface area contributed by atoms with Crippen LogP contribution in [0.1, 0.15) is 17.3 Å². The second kappa shape index (κ2) is 4.70. The smallest absolute Gasteiger partial charge is 0.221 e. The summed E-state index contributed by atoms with van der Waals surface area (Å²) >= 11 is 3.33. The highest BCUT2D eigenvalue weighted by Crippen LogP contribution is 2.20. The van der Waals surface area contributed by atoms with Crippen LogP contribution in [0, 0.1) is 13.8 Å². The van der Waals surface area contributed by atoms with Gasteiger partial charge in [0, 0.05) is 6.20 Å². The fraction of sp³-hybridized carbons (Fsp3) is 0.300. The molecule has 2 rings (SSSR count). The molecule has 0 atom stereocenters. The average Bonchev–Trinajstić information content (AvgIpc) is 2.60. The van der Waals surface area contributed by atoms with Crippen LogP contribution in [0.5, 0.6) is 0 Å². The first kappa shape index (κ1) is 11.8. The summed E-state index contributed by atoms with van der Waals surface area (Å²) in [6, 6.07) is 0. The summed E-state index contributed by atoms with van der Waals surface area (Å²) in [4.78, 5) is 12.2. The number of nitrogens with two attached hydrogens (primary N) is 1. The van der Waals surface area contributed by atoms with Gasteiger partial charge in [-0.15, -0.1) is 0 Å². The highest BCUT2D eigenvalue weighted by atomic mass is 79.9. The maximum atomic E-state index is 5.50. The number of hydrogen-bond donors (Lipinski definition) is 2. The summed E-state index contributed by atoms with van der Waals surface area (Å²) in [7, 11) is 0. The molecule has 2 aromatic rings. The van der Waals surface area contributed by atoms with Crippen molar-refractivity contribution in [3.05, 3.63) is 28.0 Å². The van der Waals surface area contributed by atoms with Gasteiger partial charge in [0.1, 0.15) is 11.6 Å². The van der Waals surface area contributed by atoms with E-state index in [1.807, 2.05) is 13.8 Å². The van der Waals surface area contributed by atoms with Crippen molar-refractivity contribution in [3.63, 3.8) is 0 Å². The number of halogens is 1. The number of oxazole rings is 1. The van der Waals surface area contributed by atoms with Crippen LogP contribution in [0.25, 0.3) is 0 Å². The van der Waals surface area contributed by atoms with Crippen LogP contribution in [0.15, 0.2) is 15.1 Å². The van der Waals surface area contributed by atoms with Gasteiger partial charge in [0.15, 0.2) is 0 Å². The summed E-state index contributed by atoms with van der Waals surface area (Å²) < 4.78 is 6.18. The van der Waals surface area contributed by atoms with Crippen LogP contribution >= 0.6 is 15.9 Å². The molecule has 0 spiro atoms. The van der Waals surface area contributed by atoms with E-state index in [-0.39, 0.29) is 5.95 Å². The lowest BCUT2D eigenvalue weighted by molar-refractivity contribution is 0.478. The number of hydrogen-bond acceptors (Lipinski definition) is 6. The second-order valence-corrected chi connectivity index (χ2v) is 4.38. The minimum Gasteiger partial charge on any atom is -0.444 e. The SMILES string of the molecule is Cc1nc(CNc2nc(N)ncc2Br)oc1C. The molecule has 0 saturated heterocycles. The minimum atomic E-state index is 0.218. The number of anilines is 2. The van der Waals surface area contributed by atoms with Crippen LogP contribution < -0.4 is 11.1 Å². The predicted octanol–water partition coefficient (Wildman–Crippen LogP) is 2.04. The van der Waals surface area contributed by atoms with Crippen LogP contribution in [0.3, 0.4) is 0 Å². The van der Waals surface area contributed by atoms with Crippen molar-refractivity contribution in [3.8, 4) is 0 Å². The van der Waals surface area contributed by atoms with E-state index in [4.69, 9.17) is 10.2 Å². The molecular formula is C10H12BrN5O. The molecule has 0 unspecified atom stereocenters. The van der Waals surface area contributed by atoms with Crippen LogP contribution in [-0.4, -0.2) is 15.0 Å². The maximum Gasteiger partial charge on any atom is 0.221 e. The molecular weight excluding hydrogens is 286 g/mol. The van der Waals surface area contributed by atoms with Crippen molar-refractivity contribution in [1.82, 2.24) is 15.0 Å². The van der Waals surface area contributed by atoms with Crippen LogP contribution in [0.2, 0.25) is 0 Å². The Labute approximate surface area is 107 Å². The van der Waals surface area contributed by atoms with Gasteiger partial charge in [-0.3, -0.25) is 0 Å². The summed E-state index contributed by atoms with van der Waals surface area (Å²) in [5, 5.41) is 3.08. The lowest BCUT2D eigenvalue weighted by atomic mass is 10.4. The van der Waals surface area contributed by atoms with E-state index < -0.39 is 0 Å². The first-order chi connectivity index (χ1) is 8.06.